The predicted octanol–water partition coefficient (Wildman–Crippen LogP) is 2.87. The fraction of sp³-hybridized carbons (Fsp3) is 0.632. The van der Waals surface area contributed by atoms with Crippen LogP contribution >= 0.6 is 12.2 Å². The number of nitrogens with zero attached hydrogens (tertiary/aromatic N) is 2. The average Bonchev–Trinajstić information content (AvgIpc) is 3.19. The Bertz CT molecular complexity index is 539. The summed E-state index contributed by atoms with van der Waals surface area (Å²) in [6.45, 7) is 5.38. The van der Waals surface area contributed by atoms with Crippen molar-refractivity contribution in [1.29, 1.82) is 0 Å². The molecule has 3 fully saturated rings. The highest BCUT2D eigenvalue weighted by Crippen LogP contribution is 2.44. The summed E-state index contributed by atoms with van der Waals surface area (Å²) >= 11 is 5.69. The maximum atomic E-state index is 5.69. The summed E-state index contributed by atoms with van der Waals surface area (Å²) < 4.78 is 0. The van der Waals surface area contributed by atoms with E-state index in [1.54, 1.807) is 0 Å². The second kappa shape index (κ2) is 6.78. The van der Waals surface area contributed by atoms with Crippen molar-refractivity contribution in [2.45, 2.75) is 38.3 Å². The van der Waals surface area contributed by atoms with Gasteiger partial charge in [0, 0.05) is 38.8 Å². The van der Waals surface area contributed by atoms with Crippen LogP contribution in [0.3, 0.4) is 0 Å². The van der Waals surface area contributed by atoms with Gasteiger partial charge in [-0.25, -0.2) is 0 Å². The molecule has 2 saturated carbocycles. The van der Waals surface area contributed by atoms with Gasteiger partial charge in [0.05, 0.1) is 0 Å². The van der Waals surface area contributed by atoms with Crippen LogP contribution in [0.2, 0.25) is 0 Å². The number of fused-ring (bicyclic) bond motifs is 2. The summed E-state index contributed by atoms with van der Waals surface area (Å²) in [6.07, 6.45) is 5.65. The van der Waals surface area contributed by atoms with Gasteiger partial charge in [-0.2, -0.15) is 0 Å². The lowest BCUT2D eigenvalue weighted by atomic mass is 9.95. The fourth-order valence-corrected chi connectivity index (χ4v) is 4.96. The maximum Gasteiger partial charge on any atom is 0.169 e. The van der Waals surface area contributed by atoms with Crippen LogP contribution in [0.15, 0.2) is 30.3 Å². The molecule has 0 amide bonds. The number of nitrogens with one attached hydrogen (secondary N) is 1. The fourth-order valence-electron chi connectivity index (χ4n) is 4.62. The van der Waals surface area contributed by atoms with Crippen molar-refractivity contribution in [2.75, 3.05) is 26.2 Å². The summed E-state index contributed by atoms with van der Waals surface area (Å²) in [7, 11) is 0. The van der Waals surface area contributed by atoms with Crippen LogP contribution < -0.4 is 5.32 Å². The van der Waals surface area contributed by atoms with Gasteiger partial charge in [0.2, 0.25) is 0 Å². The Morgan fingerprint density at radius 2 is 1.83 bits per heavy atom. The molecule has 1 aromatic carbocycles. The highest BCUT2D eigenvalue weighted by atomic mass is 32.1. The molecule has 0 unspecified atom stereocenters. The first-order chi connectivity index (χ1) is 11.3. The minimum atomic E-state index is 0.656. The van der Waals surface area contributed by atoms with Crippen molar-refractivity contribution in [2.24, 2.45) is 11.8 Å². The molecule has 1 aromatic rings. The molecule has 2 bridgehead atoms. The van der Waals surface area contributed by atoms with Crippen molar-refractivity contribution in [1.82, 2.24) is 15.1 Å². The van der Waals surface area contributed by atoms with E-state index in [-0.39, 0.29) is 0 Å². The molecule has 3 atom stereocenters. The molecule has 1 heterocycles. The average molecular weight is 330 g/mol. The summed E-state index contributed by atoms with van der Waals surface area (Å²) in [5, 5.41) is 4.69. The molecule has 4 rings (SSSR count). The molecule has 2 aliphatic carbocycles. The van der Waals surface area contributed by atoms with E-state index in [0.717, 1.165) is 49.7 Å². The first-order valence-electron chi connectivity index (χ1n) is 9.09. The van der Waals surface area contributed by atoms with Gasteiger partial charge < -0.3 is 10.2 Å². The van der Waals surface area contributed by atoms with E-state index in [9.17, 15) is 0 Å². The smallest absolute Gasteiger partial charge is 0.169 e. The number of thiocarbonyl (C=S) groups is 1. The molecule has 0 radical (unpaired) electrons. The highest BCUT2D eigenvalue weighted by Gasteiger charge is 2.40. The molecule has 4 heteroatoms. The predicted molar refractivity (Wildman–Crippen MR) is 98.3 cm³/mol. The lowest BCUT2D eigenvalue weighted by molar-refractivity contribution is 0.173. The van der Waals surface area contributed by atoms with Crippen molar-refractivity contribution >= 4 is 17.3 Å². The van der Waals surface area contributed by atoms with E-state index in [1.807, 2.05) is 0 Å². The molecule has 0 spiro atoms. The number of piperazine rings is 1. The summed E-state index contributed by atoms with van der Waals surface area (Å²) in [6, 6.07) is 11.4. The van der Waals surface area contributed by atoms with Crippen molar-refractivity contribution in [3.8, 4) is 0 Å². The van der Waals surface area contributed by atoms with Crippen LogP contribution in [-0.2, 0) is 6.54 Å². The second-order valence-electron chi connectivity index (χ2n) is 7.48. The molecule has 3 aliphatic rings. The Kier molecular flexibility index (Phi) is 4.54. The zero-order valence-corrected chi connectivity index (χ0v) is 14.6. The van der Waals surface area contributed by atoms with Gasteiger partial charge in [-0.3, -0.25) is 4.90 Å². The molecule has 124 valence electrons. The molecule has 3 nitrogen and oxygen atoms in total. The van der Waals surface area contributed by atoms with Crippen molar-refractivity contribution in [3.05, 3.63) is 35.9 Å². The van der Waals surface area contributed by atoms with Crippen LogP contribution in [0, 0.1) is 11.8 Å². The zero-order chi connectivity index (χ0) is 15.6. The van der Waals surface area contributed by atoms with E-state index < -0.39 is 0 Å². The standard InChI is InChI=1S/C19H27N3S/c23-19(20-18-13-16-6-7-17(18)12-16)22-10-8-21(9-11-22)14-15-4-2-1-3-5-15/h1-5,16-18H,6-14H2,(H,20,23)/t16-,17-,18+/m0/s1. The van der Waals surface area contributed by atoms with Crippen molar-refractivity contribution in [3.63, 3.8) is 0 Å². The summed E-state index contributed by atoms with van der Waals surface area (Å²) in [5.41, 5.74) is 1.41. The molecular formula is C19H27N3S. The molecule has 1 aliphatic heterocycles. The number of hydrogen-bond donors (Lipinski definition) is 1. The molecular weight excluding hydrogens is 302 g/mol. The Hall–Kier alpha value is -1.13. The quantitative estimate of drug-likeness (QED) is 0.859. The Labute approximate surface area is 145 Å². The first kappa shape index (κ1) is 15.4. The van der Waals surface area contributed by atoms with Gasteiger partial charge in [-0.15, -0.1) is 0 Å². The Morgan fingerprint density at radius 1 is 1.04 bits per heavy atom. The van der Waals surface area contributed by atoms with Gasteiger partial charge in [-0.05, 0) is 48.9 Å². The topological polar surface area (TPSA) is 18.5 Å². The monoisotopic (exact) mass is 329 g/mol. The molecule has 1 saturated heterocycles. The minimum Gasteiger partial charge on any atom is -0.360 e. The third-order valence-electron chi connectivity index (χ3n) is 5.96. The second-order valence-corrected chi connectivity index (χ2v) is 7.87. The molecule has 1 N–H and O–H groups in total. The number of benzene rings is 1. The Balaban J connectivity index is 1.24. The largest absolute Gasteiger partial charge is 0.360 e. The SMILES string of the molecule is S=C(N[C@@H]1C[C@H]2CC[C@H]1C2)N1CCN(Cc2ccccc2)CC1. The third kappa shape index (κ3) is 3.53. The van der Waals surface area contributed by atoms with Crippen molar-refractivity contribution < 1.29 is 0 Å². The summed E-state index contributed by atoms with van der Waals surface area (Å²) in [4.78, 5) is 4.91. The van der Waals surface area contributed by atoms with E-state index in [1.165, 1.54) is 31.2 Å². The maximum absolute atomic E-state index is 5.69. The van der Waals surface area contributed by atoms with E-state index >= 15 is 0 Å². The van der Waals surface area contributed by atoms with E-state index in [2.05, 4.69) is 45.4 Å². The highest BCUT2D eigenvalue weighted by molar-refractivity contribution is 7.80. The van der Waals surface area contributed by atoms with E-state index in [0.29, 0.717) is 6.04 Å². The Morgan fingerprint density at radius 3 is 2.48 bits per heavy atom. The normalized spacial score (nSPS) is 30.6. The third-order valence-corrected chi connectivity index (χ3v) is 6.33. The lowest BCUT2D eigenvalue weighted by Crippen LogP contribution is -2.53. The van der Waals surface area contributed by atoms with Gasteiger partial charge in [0.15, 0.2) is 5.11 Å². The lowest BCUT2D eigenvalue weighted by Gasteiger charge is -2.37. The molecule has 23 heavy (non-hydrogen) atoms. The molecule has 0 aromatic heterocycles. The van der Waals surface area contributed by atoms with E-state index in [4.69, 9.17) is 12.2 Å². The zero-order valence-electron chi connectivity index (χ0n) is 13.8. The summed E-state index contributed by atoms with van der Waals surface area (Å²) in [5.74, 6) is 1.86. The first-order valence-corrected chi connectivity index (χ1v) is 9.50. The number of rotatable bonds is 3. The minimum absolute atomic E-state index is 0.656. The van der Waals surface area contributed by atoms with Gasteiger partial charge in [-0.1, -0.05) is 36.8 Å². The van der Waals surface area contributed by atoms with Gasteiger partial charge in [0.1, 0.15) is 0 Å². The van der Waals surface area contributed by atoms with Crippen LogP contribution in [0.25, 0.3) is 0 Å². The van der Waals surface area contributed by atoms with Crippen LogP contribution in [0.4, 0.5) is 0 Å². The number of hydrogen-bond acceptors (Lipinski definition) is 2. The van der Waals surface area contributed by atoms with Crippen LogP contribution in [0.1, 0.15) is 31.2 Å². The van der Waals surface area contributed by atoms with Gasteiger partial charge >= 0.3 is 0 Å². The van der Waals surface area contributed by atoms with Gasteiger partial charge in [0.25, 0.3) is 0 Å². The van der Waals surface area contributed by atoms with Crippen LogP contribution in [0.5, 0.6) is 0 Å². The van der Waals surface area contributed by atoms with Crippen LogP contribution in [-0.4, -0.2) is 47.1 Å².